The third-order valence-corrected chi connectivity index (χ3v) is 3.54. The normalized spacial score (nSPS) is 11.0. The summed E-state index contributed by atoms with van der Waals surface area (Å²) in [6, 6.07) is 14.3. The van der Waals surface area contributed by atoms with Crippen molar-refractivity contribution in [3.8, 4) is 5.75 Å². The first-order chi connectivity index (χ1) is 10.2. The van der Waals surface area contributed by atoms with Gasteiger partial charge in [-0.1, -0.05) is 29.5 Å². The highest BCUT2D eigenvalue weighted by Gasteiger charge is 2.04. The van der Waals surface area contributed by atoms with Crippen LogP contribution in [0.3, 0.4) is 0 Å². The zero-order valence-electron chi connectivity index (χ0n) is 12.4. The molecule has 21 heavy (non-hydrogen) atoms. The molecule has 0 atom stereocenters. The predicted molar refractivity (Wildman–Crippen MR) is 83.6 cm³/mol. The average molecular weight is 281 g/mol. The van der Waals surface area contributed by atoms with Crippen LogP contribution < -0.4 is 4.74 Å². The summed E-state index contributed by atoms with van der Waals surface area (Å²) in [5.41, 5.74) is 4.40. The minimum atomic E-state index is 0.679. The molecular formula is C17H19N3O. The van der Waals surface area contributed by atoms with E-state index in [1.54, 1.807) is 0 Å². The van der Waals surface area contributed by atoms with E-state index < -0.39 is 0 Å². The van der Waals surface area contributed by atoms with Crippen molar-refractivity contribution in [1.29, 1.82) is 0 Å². The van der Waals surface area contributed by atoms with Crippen LogP contribution in [0.1, 0.15) is 17.5 Å². The SMILES string of the molecule is Cc1ccc(C)c(OCCCn2nnc3ccccc32)c1. The fourth-order valence-corrected chi connectivity index (χ4v) is 2.34. The molecular weight excluding hydrogens is 262 g/mol. The minimum absolute atomic E-state index is 0.679. The number of benzene rings is 2. The van der Waals surface area contributed by atoms with Gasteiger partial charge in [-0.25, -0.2) is 4.68 Å². The van der Waals surface area contributed by atoms with E-state index in [0.717, 1.165) is 29.7 Å². The van der Waals surface area contributed by atoms with Gasteiger partial charge in [-0.15, -0.1) is 5.10 Å². The van der Waals surface area contributed by atoms with Crippen LogP contribution in [0.4, 0.5) is 0 Å². The van der Waals surface area contributed by atoms with Crippen LogP contribution in [-0.2, 0) is 6.54 Å². The van der Waals surface area contributed by atoms with Crippen LogP contribution in [0.25, 0.3) is 11.0 Å². The second kappa shape index (κ2) is 5.95. The van der Waals surface area contributed by atoms with Gasteiger partial charge in [0.25, 0.3) is 0 Å². The Balaban J connectivity index is 1.58. The Kier molecular flexibility index (Phi) is 3.86. The molecule has 0 radical (unpaired) electrons. The Bertz CT molecular complexity index is 749. The second-order valence-electron chi connectivity index (χ2n) is 5.27. The third-order valence-electron chi connectivity index (χ3n) is 3.54. The molecule has 0 aliphatic carbocycles. The molecule has 0 saturated heterocycles. The van der Waals surface area contributed by atoms with Gasteiger partial charge in [0.1, 0.15) is 11.3 Å². The molecule has 0 saturated carbocycles. The number of nitrogens with zero attached hydrogens (tertiary/aromatic N) is 3. The smallest absolute Gasteiger partial charge is 0.122 e. The lowest BCUT2D eigenvalue weighted by molar-refractivity contribution is 0.297. The van der Waals surface area contributed by atoms with Gasteiger partial charge >= 0.3 is 0 Å². The average Bonchev–Trinajstić information content (AvgIpc) is 2.90. The second-order valence-corrected chi connectivity index (χ2v) is 5.27. The van der Waals surface area contributed by atoms with Gasteiger partial charge in [0.2, 0.25) is 0 Å². The Labute approximate surface area is 124 Å². The maximum absolute atomic E-state index is 5.87. The Hall–Kier alpha value is -2.36. The molecule has 0 aliphatic rings. The maximum Gasteiger partial charge on any atom is 0.122 e. The molecule has 2 aromatic carbocycles. The molecule has 0 spiro atoms. The number of para-hydroxylation sites is 1. The Morgan fingerprint density at radius 2 is 1.95 bits per heavy atom. The van der Waals surface area contributed by atoms with E-state index >= 15 is 0 Å². The standard InChI is InChI=1S/C17H19N3O/c1-13-8-9-14(2)17(12-13)21-11-5-10-20-16-7-4-3-6-15(16)18-19-20/h3-4,6-9,12H,5,10-11H2,1-2H3. The topological polar surface area (TPSA) is 39.9 Å². The predicted octanol–water partition coefficient (Wildman–Crippen LogP) is 3.52. The zero-order chi connectivity index (χ0) is 14.7. The molecule has 0 bridgehead atoms. The van der Waals surface area contributed by atoms with Crippen molar-refractivity contribution in [2.24, 2.45) is 0 Å². The van der Waals surface area contributed by atoms with E-state index in [9.17, 15) is 0 Å². The van der Waals surface area contributed by atoms with Crippen LogP contribution in [-0.4, -0.2) is 21.6 Å². The summed E-state index contributed by atoms with van der Waals surface area (Å²) >= 11 is 0. The Morgan fingerprint density at radius 3 is 2.86 bits per heavy atom. The lowest BCUT2D eigenvalue weighted by atomic mass is 10.1. The molecule has 0 amide bonds. The quantitative estimate of drug-likeness (QED) is 0.672. The number of hydrogen-bond acceptors (Lipinski definition) is 3. The van der Waals surface area contributed by atoms with Crippen LogP contribution in [0, 0.1) is 13.8 Å². The van der Waals surface area contributed by atoms with Crippen molar-refractivity contribution in [2.45, 2.75) is 26.8 Å². The van der Waals surface area contributed by atoms with Gasteiger partial charge in [0, 0.05) is 13.0 Å². The van der Waals surface area contributed by atoms with E-state index in [1.807, 2.05) is 28.9 Å². The van der Waals surface area contributed by atoms with Gasteiger partial charge in [-0.2, -0.15) is 0 Å². The van der Waals surface area contributed by atoms with Crippen LogP contribution >= 0.6 is 0 Å². The largest absolute Gasteiger partial charge is 0.493 e. The van der Waals surface area contributed by atoms with E-state index in [-0.39, 0.29) is 0 Å². The fourth-order valence-electron chi connectivity index (χ4n) is 2.34. The van der Waals surface area contributed by atoms with Crippen molar-refractivity contribution in [3.05, 3.63) is 53.6 Å². The van der Waals surface area contributed by atoms with Crippen molar-refractivity contribution in [2.75, 3.05) is 6.61 Å². The van der Waals surface area contributed by atoms with E-state index in [1.165, 1.54) is 11.1 Å². The zero-order valence-corrected chi connectivity index (χ0v) is 12.4. The number of ether oxygens (including phenoxy) is 1. The first-order valence-corrected chi connectivity index (χ1v) is 7.22. The van der Waals surface area contributed by atoms with Gasteiger partial charge in [-0.3, -0.25) is 0 Å². The molecule has 1 aromatic heterocycles. The molecule has 108 valence electrons. The first kappa shape index (κ1) is 13.6. The fraction of sp³-hybridized carbons (Fsp3) is 0.294. The molecule has 0 fully saturated rings. The van der Waals surface area contributed by atoms with Crippen molar-refractivity contribution in [3.63, 3.8) is 0 Å². The van der Waals surface area contributed by atoms with Crippen LogP contribution in [0.15, 0.2) is 42.5 Å². The van der Waals surface area contributed by atoms with Crippen molar-refractivity contribution >= 4 is 11.0 Å². The summed E-state index contributed by atoms with van der Waals surface area (Å²) in [4.78, 5) is 0. The molecule has 4 heteroatoms. The van der Waals surface area contributed by atoms with Gasteiger partial charge in [-0.05, 0) is 43.2 Å². The van der Waals surface area contributed by atoms with Crippen LogP contribution in [0.5, 0.6) is 5.75 Å². The lowest BCUT2D eigenvalue weighted by Gasteiger charge is -2.10. The molecule has 4 nitrogen and oxygen atoms in total. The number of fused-ring (bicyclic) bond motifs is 1. The molecule has 0 unspecified atom stereocenters. The van der Waals surface area contributed by atoms with Gasteiger partial charge < -0.3 is 4.74 Å². The Morgan fingerprint density at radius 1 is 1.10 bits per heavy atom. The molecule has 0 N–H and O–H groups in total. The highest BCUT2D eigenvalue weighted by molar-refractivity contribution is 5.73. The summed E-state index contributed by atoms with van der Waals surface area (Å²) in [5, 5.41) is 8.34. The maximum atomic E-state index is 5.87. The summed E-state index contributed by atoms with van der Waals surface area (Å²) in [6.45, 7) is 5.64. The highest BCUT2D eigenvalue weighted by Crippen LogP contribution is 2.19. The minimum Gasteiger partial charge on any atom is -0.493 e. The van der Waals surface area contributed by atoms with E-state index in [2.05, 4.69) is 42.4 Å². The van der Waals surface area contributed by atoms with Crippen molar-refractivity contribution in [1.82, 2.24) is 15.0 Å². The number of aromatic nitrogens is 3. The van der Waals surface area contributed by atoms with Gasteiger partial charge in [0.15, 0.2) is 0 Å². The molecule has 3 aromatic rings. The van der Waals surface area contributed by atoms with E-state index in [0.29, 0.717) is 6.61 Å². The summed E-state index contributed by atoms with van der Waals surface area (Å²) in [7, 11) is 0. The third kappa shape index (κ3) is 3.05. The monoisotopic (exact) mass is 281 g/mol. The van der Waals surface area contributed by atoms with Crippen LogP contribution in [0.2, 0.25) is 0 Å². The van der Waals surface area contributed by atoms with Gasteiger partial charge in [0.05, 0.1) is 12.1 Å². The summed E-state index contributed by atoms with van der Waals surface area (Å²) in [5.74, 6) is 0.971. The summed E-state index contributed by atoms with van der Waals surface area (Å²) < 4.78 is 7.80. The highest BCUT2D eigenvalue weighted by atomic mass is 16.5. The first-order valence-electron chi connectivity index (χ1n) is 7.22. The van der Waals surface area contributed by atoms with Crippen molar-refractivity contribution < 1.29 is 4.74 Å². The van der Waals surface area contributed by atoms with E-state index in [4.69, 9.17) is 4.74 Å². The summed E-state index contributed by atoms with van der Waals surface area (Å²) in [6.07, 6.45) is 0.904. The number of rotatable bonds is 5. The molecule has 3 rings (SSSR count). The lowest BCUT2D eigenvalue weighted by Crippen LogP contribution is -2.06. The molecule has 1 heterocycles. The molecule has 0 aliphatic heterocycles. The number of aryl methyl sites for hydroxylation is 3. The number of hydrogen-bond donors (Lipinski definition) is 0.